The van der Waals surface area contributed by atoms with Gasteiger partial charge in [0, 0.05) is 6.20 Å². The van der Waals surface area contributed by atoms with Crippen LogP contribution in [0.25, 0.3) is 0 Å². The molecule has 0 radical (unpaired) electrons. The minimum Gasteiger partial charge on any atom is -0.473 e. The van der Waals surface area contributed by atoms with E-state index in [4.69, 9.17) is 16.2 Å². The first kappa shape index (κ1) is 18.1. The molecule has 2 rings (SSSR count). The molecule has 1 aromatic heterocycles. The van der Waals surface area contributed by atoms with E-state index in [1.54, 1.807) is 27.0 Å². The number of carbonyl (C=O) groups excluding carboxylic acids is 1. The lowest BCUT2D eigenvalue weighted by Crippen LogP contribution is -2.27. The van der Waals surface area contributed by atoms with Gasteiger partial charge in [-0.3, -0.25) is 0 Å². The molecule has 0 saturated heterocycles. The Kier molecular flexibility index (Phi) is 6.95. The number of carbonyl (C=O) groups is 1. The molecule has 6 nitrogen and oxygen atoms in total. The molecule has 1 saturated carbocycles. The summed E-state index contributed by atoms with van der Waals surface area (Å²) in [6.07, 6.45) is 7.44. The van der Waals surface area contributed by atoms with Crippen LogP contribution in [0.1, 0.15) is 52.9 Å². The van der Waals surface area contributed by atoms with Gasteiger partial charge in [0.2, 0.25) is 5.88 Å². The van der Waals surface area contributed by atoms with Gasteiger partial charge in [-0.15, -0.1) is 0 Å². The average molecular weight is 309 g/mol. The Labute approximate surface area is 132 Å². The monoisotopic (exact) mass is 309 g/mol. The summed E-state index contributed by atoms with van der Waals surface area (Å²) in [6.45, 7) is 5.28. The highest BCUT2D eigenvalue weighted by atomic mass is 16.6. The van der Waals surface area contributed by atoms with E-state index in [0.717, 1.165) is 12.8 Å². The number of pyridine rings is 1. The van der Waals surface area contributed by atoms with Crippen LogP contribution >= 0.6 is 0 Å². The summed E-state index contributed by atoms with van der Waals surface area (Å²) in [5.41, 5.74) is 10.7. The summed E-state index contributed by atoms with van der Waals surface area (Å²) >= 11 is 0. The minimum atomic E-state index is -0.725. The number of amides is 1. The van der Waals surface area contributed by atoms with Crippen molar-refractivity contribution in [2.24, 2.45) is 5.73 Å². The van der Waals surface area contributed by atoms with E-state index in [-0.39, 0.29) is 0 Å². The van der Waals surface area contributed by atoms with Crippen molar-refractivity contribution in [1.29, 1.82) is 0 Å². The molecule has 1 aromatic rings. The fraction of sp³-hybridized carbons (Fsp3) is 0.625. The van der Waals surface area contributed by atoms with Crippen LogP contribution in [0.2, 0.25) is 0 Å². The van der Waals surface area contributed by atoms with E-state index in [1.165, 1.54) is 19.3 Å². The number of primary amides is 1. The number of hydrogen-bond donors (Lipinski definition) is 2. The van der Waals surface area contributed by atoms with Gasteiger partial charge in [-0.05, 0) is 58.6 Å². The second-order valence-corrected chi connectivity index (χ2v) is 6.31. The predicted molar refractivity (Wildman–Crippen MR) is 86.6 cm³/mol. The third kappa shape index (κ3) is 7.71. The number of ether oxygens (including phenoxy) is 2. The van der Waals surface area contributed by atoms with Crippen molar-refractivity contribution < 1.29 is 14.3 Å². The van der Waals surface area contributed by atoms with Crippen LogP contribution in [0.4, 0.5) is 10.5 Å². The maximum absolute atomic E-state index is 10.0. The lowest BCUT2D eigenvalue weighted by Gasteiger charge is -2.22. The zero-order chi connectivity index (χ0) is 16.6. The molecule has 6 heteroatoms. The highest BCUT2D eigenvalue weighted by Crippen LogP contribution is 2.24. The third-order valence-corrected chi connectivity index (χ3v) is 3.04. The molecule has 0 atom stereocenters. The third-order valence-electron chi connectivity index (χ3n) is 3.04. The van der Waals surface area contributed by atoms with Gasteiger partial charge in [0.15, 0.2) is 0 Å². The molecular formula is C16H27N3O3. The first-order chi connectivity index (χ1) is 10.3. The number of nitrogen functional groups attached to an aromatic ring is 1. The van der Waals surface area contributed by atoms with E-state index in [9.17, 15) is 4.79 Å². The zero-order valence-electron chi connectivity index (χ0n) is 13.7. The Balaban J connectivity index is 0.000000261. The molecule has 1 heterocycles. The summed E-state index contributed by atoms with van der Waals surface area (Å²) in [7, 11) is 0. The molecule has 1 fully saturated rings. The summed E-state index contributed by atoms with van der Waals surface area (Å²) < 4.78 is 10.3. The van der Waals surface area contributed by atoms with Crippen LogP contribution in [0.15, 0.2) is 18.3 Å². The Morgan fingerprint density at radius 1 is 1.27 bits per heavy atom. The van der Waals surface area contributed by atoms with Crippen molar-refractivity contribution >= 4 is 11.8 Å². The van der Waals surface area contributed by atoms with Gasteiger partial charge in [0.25, 0.3) is 0 Å². The SMILES string of the molecule is CC(C)(C)OC(N)=O.Nc1cccnc1OC1CCCCC1. The summed E-state index contributed by atoms with van der Waals surface area (Å²) in [5, 5.41) is 0. The van der Waals surface area contributed by atoms with Gasteiger partial charge in [0.05, 0.1) is 5.69 Å². The number of aromatic nitrogens is 1. The van der Waals surface area contributed by atoms with Gasteiger partial charge in [-0.25, -0.2) is 9.78 Å². The van der Waals surface area contributed by atoms with Crippen LogP contribution in [0, 0.1) is 0 Å². The molecule has 0 aromatic carbocycles. The molecule has 0 aliphatic heterocycles. The van der Waals surface area contributed by atoms with Crippen molar-refractivity contribution in [3.8, 4) is 5.88 Å². The van der Waals surface area contributed by atoms with Gasteiger partial charge in [-0.1, -0.05) is 6.42 Å². The van der Waals surface area contributed by atoms with E-state index in [2.05, 4.69) is 9.72 Å². The Morgan fingerprint density at radius 2 is 1.91 bits per heavy atom. The number of rotatable bonds is 2. The summed E-state index contributed by atoms with van der Waals surface area (Å²) in [4.78, 5) is 14.1. The van der Waals surface area contributed by atoms with Crippen molar-refractivity contribution in [3.05, 3.63) is 18.3 Å². The quantitative estimate of drug-likeness (QED) is 0.873. The van der Waals surface area contributed by atoms with Crippen molar-refractivity contribution in [3.63, 3.8) is 0 Å². The molecule has 1 amide bonds. The number of hydrogen-bond acceptors (Lipinski definition) is 5. The lowest BCUT2D eigenvalue weighted by molar-refractivity contribution is 0.0600. The first-order valence-electron chi connectivity index (χ1n) is 7.63. The fourth-order valence-corrected chi connectivity index (χ4v) is 2.14. The van der Waals surface area contributed by atoms with E-state index in [1.807, 2.05) is 12.1 Å². The highest BCUT2D eigenvalue weighted by molar-refractivity contribution is 5.65. The smallest absolute Gasteiger partial charge is 0.405 e. The standard InChI is InChI=1S/C11H16N2O.C5H11NO2/c12-10-7-4-8-13-11(10)14-9-5-2-1-3-6-9;1-5(2,3)8-4(6)7/h4,7-9H,1-3,5-6,12H2;1-3H3,(H2,6,7). The maximum atomic E-state index is 10.0. The Hall–Kier alpha value is -1.98. The van der Waals surface area contributed by atoms with Crippen LogP contribution in [-0.2, 0) is 4.74 Å². The van der Waals surface area contributed by atoms with E-state index in [0.29, 0.717) is 17.7 Å². The van der Waals surface area contributed by atoms with Gasteiger partial charge < -0.3 is 20.9 Å². The second kappa shape index (κ2) is 8.46. The molecule has 0 spiro atoms. The van der Waals surface area contributed by atoms with Crippen molar-refractivity contribution in [2.45, 2.75) is 64.6 Å². The fourth-order valence-electron chi connectivity index (χ4n) is 2.14. The van der Waals surface area contributed by atoms with E-state index >= 15 is 0 Å². The number of nitrogens with two attached hydrogens (primary N) is 2. The lowest BCUT2D eigenvalue weighted by atomic mass is 9.98. The minimum absolute atomic E-state index is 0.320. The molecule has 0 bridgehead atoms. The highest BCUT2D eigenvalue weighted by Gasteiger charge is 2.16. The van der Waals surface area contributed by atoms with Crippen LogP contribution < -0.4 is 16.2 Å². The topological polar surface area (TPSA) is 100 Å². The van der Waals surface area contributed by atoms with Gasteiger partial charge >= 0.3 is 6.09 Å². The van der Waals surface area contributed by atoms with Crippen LogP contribution in [-0.4, -0.2) is 22.8 Å². The van der Waals surface area contributed by atoms with Gasteiger partial charge in [-0.2, -0.15) is 0 Å². The molecular weight excluding hydrogens is 282 g/mol. The van der Waals surface area contributed by atoms with Crippen LogP contribution in [0.3, 0.4) is 0 Å². The van der Waals surface area contributed by atoms with Crippen molar-refractivity contribution in [1.82, 2.24) is 4.98 Å². The predicted octanol–water partition coefficient (Wildman–Crippen LogP) is 3.26. The molecule has 0 unspecified atom stereocenters. The van der Waals surface area contributed by atoms with Crippen LogP contribution in [0.5, 0.6) is 5.88 Å². The number of anilines is 1. The normalized spacial score (nSPS) is 15.4. The Morgan fingerprint density at radius 3 is 2.36 bits per heavy atom. The molecule has 1 aliphatic carbocycles. The second-order valence-electron chi connectivity index (χ2n) is 6.31. The largest absolute Gasteiger partial charge is 0.473 e. The first-order valence-corrected chi connectivity index (χ1v) is 7.63. The molecule has 124 valence electrons. The molecule has 1 aliphatic rings. The van der Waals surface area contributed by atoms with E-state index < -0.39 is 11.7 Å². The molecule has 22 heavy (non-hydrogen) atoms. The number of nitrogens with zero attached hydrogens (tertiary/aromatic N) is 1. The summed E-state index contributed by atoms with van der Waals surface area (Å²) in [6, 6.07) is 3.65. The van der Waals surface area contributed by atoms with Crippen molar-refractivity contribution in [2.75, 3.05) is 5.73 Å². The molecule has 4 N–H and O–H groups in total. The average Bonchev–Trinajstić information content (AvgIpc) is 2.40. The summed E-state index contributed by atoms with van der Waals surface area (Å²) in [5.74, 6) is 0.597. The zero-order valence-corrected chi connectivity index (χ0v) is 13.7. The Bertz CT molecular complexity index is 466. The van der Waals surface area contributed by atoms with Gasteiger partial charge in [0.1, 0.15) is 11.7 Å². The maximum Gasteiger partial charge on any atom is 0.405 e.